The van der Waals surface area contributed by atoms with E-state index in [0.29, 0.717) is 36.0 Å². The fraction of sp³-hybridized carbons (Fsp3) is 0.538. The number of aliphatic hydroxyl groups is 3. The van der Waals surface area contributed by atoms with E-state index in [0.717, 1.165) is 11.1 Å². The molecule has 35 heavy (non-hydrogen) atoms. The lowest BCUT2D eigenvalue weighted by Crippen LogP contribution is -2.67. The van der Waals surface area contributed by atoms with Gasteiger partial charge >= 0.3 is 0 Å². The van der Waals surface area contributed by atoms with E-state index in [1.54, 1.807) is 52.5 Å². The highest BCUT2D eigenvalue weighted by molar-refractivity contribution is 5.60. The predicted molar refractivity (Wildman–Crippen MR) is 128 cm³/mol. The van der Waals surface area contributed by atoms with Crippen molar-refractivity contribution in [2.45, 2.75) is 56.0 Å². The molecule has 9 heteroatoms. The van der Waals surface area contributed by atoms with Crippen molar-refractivity contribution in [2.24, 2.45) is 0 Å². The topological polar surface area (TPSA) is 110 Å². The smallest absolute Gasteiger partial charge is 0.229 e. The predicted octanol–water partition coefficient (Wildman–Crippen LogP) is 1.91. The summed E-state index contributed by atoms with van der Waals surface area (Å²) in [5.74, 6) is 2.12. The molecule has 1 fully saturated rings. The quantitative estimate of drug-likeness (QED) is 0.537. The maximum absolute atomic E-state index is 11.7. The van der Waals surface area contributed by atoms with Crippen LogP contribution in [0.3, 0.4) is 0 Å². The molecule has 192 valence electrons. The summed E-state index contributed by atoms with van der Waals surface area (Å²) in [5, 5.41) is 33.7. The van der Waals surface area contributed by atoms with Crippen LogP contribution in [0.1, 0.15) is 30.5 Å². The van der Waals surface area contributed by atoms with E-state index < -0.39 is 30.2 Å². The van der Waals surface area contributed by atoms with Crippen LogP contribution in [-0.2, 0) is 11.2 Å². The average molecular weight is 490 g/mol. The van der Waals surface area contributed by atoms with E-state index >= 15 is 0 Å². The summed E-state index contributed by atoms with van der Waals surface area (Å²) in [5.41, 5.74) is 0.115. The Balaban J connectivity index is 1.64. The van der Waals surface area contributed by atoms with E-state index in [1.807, 2.05) is 19.2 Å². The van der Waals surface area contributed by atoms with Crippen LogP contribution < -0.4 is 18.9 Å². The zero-order chi connectivity index (χ0) is 25.3. The first kappa shape index (κ1) is 25.5. The third kappa shape index (κ3) is 4.54. The minimum Gasteiger partial charge on any atom is -0.493 e. The molecule has 4 rings (SSSR count). The van der Waals surface area contributed by atoms with Gasteiger partial charge in [0.15, 0.2) is 11.5 Å². The van der Waals surface area contributed by atoms with Gasteiger partial charge in [0.2, 0.25) is 12.0 Å². The number of para-hydroxylation sites is 1. The second-order valence-electron chi connectivity index (χ2n) is 9.17. The minimum absolute atomic E-state index is 0.104. The van der Waals surface area contributed by atoms with Crippen LogP contribution in [0, 0.1) is 0 Å². The van der Waals surface area contributed by atoms with Gasteiger partial charge in [-0.2, -0.15) is 0 Å². The normalized spacial score (nSPS) is 30.9. The van der Waals surface area contributed by atoms with Crippen molar-refractivity contribution in [3.8, 4) is 23.0 Å². The van der Waals surface area contributed by atoms with E-state index in [2.05, 4.69) is 4.90 Å². The number of hydrogen-bond acceptors (Lipinski definition) is 9. The molecule has 2 aliphatic rings. The van der Waals surface area contributed by atoms with Gasteiger partial charge in [-0.25, -0.2) is 0 Å². The van der Waals surface area contributed by atoms with Gasteiger partial charge in [-0.05, 0) is 44.2 Å². The van der Waals surface area contributed by atoms with Crippen molar-refractivity contribution in [1.82, 2.24) is 4.90 Å². The SMILES string of the molecule is COc1cc2c(c(OC)c1OC)CCN(C)[C@@H]2C[C@]1(O)[C@H](C)O[C@@H](Oc2ccccc2)[C@H](O)[C@@H]1O. The molecule has 0 spiro atoms. The number of nitrogens with zero attached hydrogens (tertiary/aromatic N) is 1. The lowest BCUT2D eigenvalue weighted by molar-refractivity contribution is -0.308. The van der Waals surface area contributed by atoms with Gasteiger partial charge in [-0.15, -0.1) is 0 Å². The van der Waals surface area contributed by atoms with Gasteiger partial charge in [-0.1, -0.05) is 18.2 Å². The Morgan fingerprint density at radius 3 is 2.37 bits per heavy atom. The number of hydrogen-bond donors (Lipinski definition) is 3. The Morgan fingerprint density at radius 2 is 1.74 bits per heavy atom. The highest BCUT2D eigenvalue weighted by Crippen LogP contribution is 2.49. The van der Waals surface area contributed by atoms with Gasteiger partial charge in [0, 0.05) is 24.6 Å². The summed E-state index contributed by atoms with van der Waals surface area (Å²) in [4.78, 5) is 2.10. The van der Waals surface area contributed by atoms with Crippen LogP contribution in [-0.4, -0.2) is 85.3 Å². The van der Waals surface area contributed by atoms with Gasteiger partial charge in [0.05, 0.1) is 27.4 Å². The van der Waals surface area contributed by atoms with Crippen molar-refractivity contribution in [1.29, 1.82) is 0 Å². The zero-order valence-corrected chi connectivity index (χ0v) is 20.8. The summed E-state index contributed by atoms with van der Waals surface area (Å²) < 4.78 is 28.5. The first-order chi connectivity index (χ1) is 16.7. The number of rotatable bonds is 7. The molecule has 2 aliphatic heterocycles. The Bertz CT molecular complexity index is 1020. The summed E-state index contributed by atoms with van der Waals surface area (Å²) in [7, 11) is 6.67. The average Bonchev–Trinajstić information content (AvgIpc) is 2.87. The molecular formula is C26H35NO8. The number of ether oxygens (including phenoxy) is 5. The van der Waals surface area contributed by atoms with Gasteiger partial charge < -0.3 is 39.0 Å². The fourth-order valence-corrected chi connectivity index (χ4v) is 5.15. The molecule has 2 heterocycles. The summed E-state index contributed by atoms with van der Waals surface area (Å²) >= 11 is 0. The molecule has 2 aromatic carbocycles. The van der Waals surface area contributed by atoms with Crippen LogP contribution in [0.4, 0.5) is 0 Å². The number of likely N-dealkylation sites (N-methyl/N-ethyl adjacent to an activating group) is 1. The van der Waals surface area contributed by atoms with Crippen LogP contribution in [0.25, 0.3) is 0 Å². The van der Waals surface area contributed by atoms with Crippen LogP contribution in [0.2, 0.25) is 0 Å². The molecule has 0 radical (unpaired) electrons. The molecule has 3 N–H and O–H groups in total. The van der Waals surface area contributed by atoms with E-state index in [9.17, 15) is 15.3 Å². The number of aliphatic hydroxyl groups excluding tert-OH is 2. The number of fused-ring (bicyclic) bond motifs is 1. The standard InChI is InChI=1S/C26H35NO8/c1-15-26(30,24(29)21(28)25(34-15)35-16-9-7-6-8-10-16)14-19-18-13-20(31-3)23(33-5)22(32-4)17(18)11-12-27(19)2/h6-10,13,15,19,21,24-25,28-30H,11-12,14H2,1-5H3/t15-,19+,21+,24-,25-,26-/m0/s1. The molecule has 6 atom stereocenters. The van der Waals surface area contributed by atoms with Gasteiger partial charge in [0.25, 0.3) is 0 Å². The first-order valence-corrected chi connectivity index (χ1v) is 11.7. The van der Waals surface area contributed by atoms with Crippen molar-refractivity contribution < 1.29 is 39.0 Å². The van der Waals surface area contributed by atoms with Crippen molar-refractivity contribution in [2.75, 3.05) is 34.9 Å². The minimum atomic E-state index is -1.75. The molecular weight excluding hydrogens is 454 g/mol. The molecule has 0 amide bonds. The highest BCUT2D eigenvalue weighted by atomic mass is 16.7. The third-order valence-electron chi connectivity index (χ3n) is 7.25. The van der Waals surface area contributed by atoms with Crippen molar-refractivity contribution in [3.05, 3.63) is 47.5 Å². The maximum Gasteiger partial charge on any atom is 0.229 e. The van der Waals surface area contributed by atoms with Gasteiger partial charge in [0.1, 0.15) is 23.6 Å². The van der Waals surface area contributed by atoms with Gasteiger partial charge in [-0.3, -0.25) is 4.90 Å². The Kier molecular flexibility index (Phi) is 7.44. The van der Waals surface area contributed by atoms with Crippen LogP contribution in [0.15, 0.2) is 36.4 Å². The largest absolute Gasteiger partial charge is 0.493 e. The molecule has 0 unspecified atom stereocenters. The maximum atomic E-state index is 11.7. The second-order valence-corrected chi connectivity index (χ2v) is 9.17. The Hall–Kier alpha value is -2.56. The first-order valence-electron chi connectivity index (χ1n) is 11.7. The molecule has 0 bridgehead atoms. The summed E-state index contributed by atoms with van der Waals surface area (Å²) in [6.07, 6.45) is -4.08. The van der Waals surface area contributed by atoms with Crippen LogP contribution in [0.5, 0.6) is 23.0 Å². The number of benzene rings is 2. The number of methoxy groups -OCH3 is 3. The molecule has 0 saturated carbocycles. The molecule has 9 nitrogen and oxygen atoms in total. The van der Waals surface area contributed by atoms with Crippen molar-refractivity contribution in [3.63, 3.8) is 0 Å². The van der Waals surface area contributed by atoms with Crippen LogP contribution >= 0.6 is 0 Å². The monoisotopic (exact) mass is 489 g/mol. The summed E-state index contributed by atoms with van der Waals surface area (Å²) in [6, 6.07) is 10.5. The second kappa shape index (κ2) is 10.2. The zero-order valence-electron chi connectivity index (χ0n) is 20.8. The lowest BCUT2D eigenvalue weighted by atomic mass is 9.76. The third-order valence-corrected chi connectivity index (χ3v) is 7.25. The Labute approximate surface area is 205 Å². The molecule has 1 saturated heterocycles. The van der Waals surface area contributed by atoms with E-state index in [-0.39, 0.29) is 12.5 Å². The highest BCUT2D eigenvalue weighted by Gasteiger charge is 2.55. The molecule has 0 aromatic heterocycles. The lowest BCUT2D eigenvalue weighted by Gasteiger charge is -2.49. The van der Waals surface area contributed by atoms with Crippen molar-refractivity contribution >= 4 is 0 Å². The van der Waals surface area contributed by atoms with E-state index in [1.165, 1.54) is 0 Å². The Morgan fingerprint density at radius 1 is 1.06 bits per heavy atom. The molecule has 0 aliphatic carbocycles. The fourth-order valence-electron chi connectivity index (χ4n) is 5.15. The molecule has 2 aromatic rings. The van der Waals surface area contributed by atoms with E-state index in [4.69, 9.17) is 23.7 Å². The summed E-state index contributed by atoms with van der Waals surface area (Å²) in [6.45, 7) is 2.38.